The molecule has 0 saturated heterocycles. The molecule has 0 aliphatic heterocycles. The van der Waals surface area contributed by atoms with Crippen LogP contribution in [0.15, 0.2) is 6.20 Å². The number of aromatic nitrogens is 2. The Morgan fingerprint density at radius 3 is 2.35 bits per heavy atom. The Bertz CT molecular complexity index is 385. The topological polar surface area (TPSA) is 41.3 Å². The summed E-state index contributed by atoms with van der Waals surface area (Å²) in [5.74, 6) is 0. The van der Waals surface area contributed by atoms with E-state index in [1.807, 2.05) is 46.7 Å². The maximum absolute atomic E-state index is 10.5. The molecule has 0 radical (unpaired) electrons. The highest BCUT2D eigenvalue weighted by Gasteiger charge is 2.35. The zero-order chi connectivity index (χ0) is 13.4. The Morgan fingerprint density at radius 1 is 1.41 bits per heavy atom. The van der Waals surface area contributed by atoms with E-state index < -0.39 is 11.6 Å². The van der Waals surface area contributed by atoms with Gasteiger partial charge in [0.05, 0.1) is 16.9 Å². The smallest absolute Gasteiger partial charge is 0.115 e. The van der Waals surface area contributed by atoms with E-state index in [4.69, 9.17) is 11.6 Å². The minimum absolute atomic E-state index is 0.171. The van der Waals surface area contributed by atoms with Crippen LogP contribution in [0.25, 0.3) is 0 Å². The fourth-order valence-corrected chi connectivity index (χ4v) is 1.83. The molecule has 0 aliphatic rings. The average Bonchev–Trinajstić information content (AvgIpc) is 2.58. The van der Waals surface area contributed by atoms with E-state index >= 15 is 0 Å². The molecule has 1 unspecified atom stereocenters. The highest BCUT2D eigenvalue weighted by Crippen LogP contribution is 2.34. The molecule has 17 heavy (non-hydrogen) atoms. The van der Waals surface area contributed by atoms with Crippen molar-refractivity contribution in [2.75, 3.05) is 14.1 Å². The predicted octanol–water partition coefficient (Wildman–Crippen LogP) is 2.49. The molecule has 98 valence electrons. The van der Waals surface area contributed by atoms with Crippen molar-refractivity contribution in [2.45, 2.75) is 45.4 Å². The number of hydrogen-bond acceptors (Lipinski definition) is 3. The fourth-order valence-electron chi connectivity index (χ4n) is 1.60. The number of rotatable bonds is 4. The van der Waals surface area contributed by atoms with Crippen LogP contribution >= 0.6 is 11.6 Å². The van der Waals surface area contributed by atoms with Crippen molar-refractivity contribution in [1.82, 2.24) is 14.7 Å². The largest absolute Gasteiger partial charge is 0.385 e. The highest BCUT2D eigenvalue weighted by atomic mass is 35.5. The first-order valence-corrected chi connectivity index (χ1v) is 6.15. The Balaban J connectivity index is 3.20. The van der Waals surface area contributed by atoms with E-state index in [0.717, 1.165) is 0 Å². The summed E-state index contributed by atoms with van der Waals surface area (Å²) >= 11 is 6.13. The molecule has 1 rings (SSSR count). The fraction of sp³-hybridized carbons (Fsp3) is 0.750. The maximum Gasteiger partial charge on any atom is 0.115 e. The monoisotopic (exact) mass is 259 g/mol. The van der Waals surface area contributed by atoms with Gasteiger partial charge in [-0.05, 0) is 41.8 Å². The molecular formula is C12H22ClN3O. The first-order valence-electron chi connectivity index (χ1n) is 5.78. The predicted molar refractivity (Wildman–Crippen MR) is 70.3 cm³/mol. The van der Waals surface area contributed by atoms with Crippen molar-refractivity contribution in [2.24, 2.45) is 0 Å². The third kappa shape index (κ3) is 2.64. The molecule has 0 spiro atoms. The molecule has 1 aromatic heterocycles. The number of hydrogen-bond donors (Lipinski definition) is 1. The first-order chi connectivity index (χ1) is 7.69. The van der Waals surface area contributed by atoms with Crippen LogP contribution in [-0.2, 0) is 0 Å². The lowest BCUT2D eigenvalue weighted by Gasteiger charge is -2.37. The van der Waals surface area contributed by atoms with Gasteiger partial charge in [0.2, 0.25) is 0 Å². The zero-order valence-corrected chi connectivity index (χ0v) is 12.2. The molecule has 0 bridgehead atoms. The first kappa shape index (κ1) is 14.5. The second kappa shape index (κ2) is 4.96. The molecule has 0 aliphatic carbocycles. The van der Waals surface area contributed by atoms with E-state index in [0.29, 0.717) is 10.7 Å². The lowest BCUT2D eigenvalue weighted by Crippen LogP contribution is -2.44. The van der Waals surface area contributed by atoms with E-state index in [-0.39, 0.29) is 6.04 Å². The standard InChI is InChI=1S/C12H22ClN3O/c1-8(2)16-10(9(13)7-14-16)11(17)12(3,4)15(5)6/h7-8,11,17H,1-6H3. The third-order valence-corrected chi connectivity index (χ3v) is 3.65. The number of aliphatic hydroxyl groups excluding tert-OH is 1. The van der Waals surface area contributed by atoms with Crippen molar-refractivity contribution >= 4 is 11.6 Å². The summed E-state index contributed by atoms with van der Waals surface area (Å²) in [7, 11) is 3.88. The summed E-state index contributed by atoms with van der Waals surface area (Å²) in [6, 6.07) is 0.171. The third-order valence-electron chi connectivity index (χ3n) is 3.36. The number of likely N-dealkylation sites (N-methyl/N-ethyl adjacent to an activating group) is 1. The van der Waals surface area contributed by atoms with Crippen LogP contribution in [0.3, 0.4) is 0 Å². The summed E-state index contributed by atoms with van der Waals surface area (Å²) < 4.78 is 1.78. The van der Waals surface area contributed by atoms with Crippen LogP contribution in [0, 0.1) is 0 Å². The second-order valence-corrected chi connectivity index (χ2v) is 5.77. The van der Waals surface area contributed by atoms with Crippen LogP contribution < -0.4 is 0 Å². The number of halogens is 1. The lowest BCUT2D eigenvalue weighted by molar-refractivity contribution is 0.0101. The molecule has 0 amide bonds. The summed E-state index contributed by atoms with van der Waals surface area (Å²) in [6.07, 6.45) is 0.904. The SMILES string of the molecule is CC(C)n1ncc(Cl)c1C(O)C(C)(C)N(C)C. The quantitative estimate of drug-likeness (QED) is 0.903. The molecule has 1 N–H and O–H groups in total. The van der Waals surface area contributed by atoms with Gasteiger partial charge in [0.15, 0.2) is 0 Å². The van der Waals surface area contributed by atoms with Crippen LogP contribution in [0.2, 0.25) is 5.02 Å². The van der Waals surface area contributed by atoms with Gasteiger partial charge in [-0.3, -0.25) is 4.68 Å². The minimum Gasteiger partial charge on any atom is -0.385 e. The lowest BCUT2D eigenvalue weighted by atomic mass is 9.93. The van der Waals surface area contributed by atoms with Crippen LogP contribution in [-0.4, -0.2) is 39.4 Å². The molecule has 5 heteroatoms. The molecule has 1 heterocycles. The van der Waals surface area contributed by atoms with Crippen LogP contribution in [0.4, 0.5) is 0 Å². The molecule has 1 aromatic rings. The van der Waals surface area contributed by atoms with Crippen molar-refractivity contribution in [1.29, 1.82) is 0 Å². The van der Waals surface area contributed by atoms with Gasteiger partial charge >= 0.3 is 0 Å². The van der Waals surface area contributed by atoms with E-state index in [1.54, 1.807) is 10.9 Å². The molecule has 0 aromatic carbocycles. The van der Waals surface area contributed by atoms with Gasteiger partial charge in [-0.25, -0.2) is 0 Å². The van der Waals surface area contributed by atoms with E-state index in [1.165, 1.54) is 0 Å². The average molecular weight is 260 g/mol. The molecule has 0 saturated carbocycles. The van der Waals surface area contributed by atoms with Gasteiger partial charge in [-0.1, -0.05) is 11.6 Å². The molecule has 4 nitrogen and oxygen atoms in total. The van der Waals surface area contributed by atoms with Gasteiger partial charge in [0.25, 0.3) is 0 Å². The van der Waals surface area contributed by atoms with Crippen molar-refractivity contribution in [3.05, 3.63) is 16.9 Å². The summed E-state index contributed by atoms with van der Waals surface area (Å²) in [5.41, 5.74) is 0.274. The van der Waals surface area contributed by atoms with Crippen molar-refractivity contribution < 1.29 is 5.11 Å². The molecule has 1 atom stereocenters. The normalized spacial score (nSPS) is 14.7. The highest BCUT2D eigenvalue weighted by molar-refractivity contribution is 6.31. The number of nitrogens with zero attached hydrogens (tertiary/aromatic N) is 3. The summed E-state index contributed by atoms with van der Waals surface area (Å²) in [5, 5.41) is 15.3. The van der Waals surface area contributed by atoms with E-state index in [9.17, 15) is 5.11 Å². The molecular weight excluding hydrogens is 238 g/mol. The van der Waals surface area contributed by atoms with Gasteiger partial charge in [0, 0.05) is 11.6 Å². The van der Waals surface area contributed by atoms with Gasteiger partial charge in [0.1, 0.15) is 6.10 Å². The summed E-state index contributed by atoms with van der Waals surface area (Å²) in [6.45, 7) is 7.99. The second-order valence-electron chi connectivity index (χ2n) is 5.37. The zero-order valence-electron chi connectivity index (χ0n) is 11.4. The maximum atomic E-state index is 10.5. The van der Waals surface area contributed by atoms with Gasteiger partial charge in [-0.2, -0.15) is 5.10 Å². The number of aliphatic hydroxyl groups is 1. The summed E-state index contributed by atoms with van der Waals surface area (Å²) in [4.78, 5) is 1.98. The van der Waals surface area contributed by atoms with E-state index in [2.05, 4.69) is 5.10 Å². The van der Waals surface area contributed by atoms with Gasteiger partial charge < -0.3 is 10.0 Å². The molecule has 0 fully saturated rings. The van der Waals surface area contributed by atoms with Crippen LogP contribution in [0.5, 0.6) is 0 Å². The van der Waals surface area contributed by atoms with Crippen molar-refractivity contribution in [3.63, 3.8) is 0 Å². The Hall–Kier alpha value is -0.580. The minimum atomic E-state index is -0.685. The Labute approximate surface area is 108 Å². The Morgan fingerprint density at radius 2 is 1.94 bits per heavy atom. The van der Waals surface area contributed by atoms with Crippen LogP contribution in [0.1, 0.15) is 45.5 Å². The Kier molecular flexibility index (Phi) is 4.23. The van der Waals surface area contributed by atoms with Gasteiger partial charge in [-0.15, -0.1) is 0 Å². The van der Waals surface area contributed by atoms with Crippen molar-refractivity contribution in [3.8, 4) is 0 Å².